The molecule has 3 rings (SSSR count). The Morgan fingerprint density at radius 1 is 1.33 bits per heavy atom. The van der Waals surface area contributed by atoms with Gasteiger partial charge in [0.2, 0.25) is 5.89 Å². The molecule has 2 atom stereocenters. The number of nitrogens with zero attached hydrogens (tertiary/aromatic N) is 4. The molecule has 0 saturated carbocycles. The van der Waals surface area contributed by atoms with Crippen molar-refractivity contribution >= 4 is 11.7 Å². The van der Waals surface area contributed by atoms with Crippen LogP contribution in [0.4, 0.5) is 5.82 Å². The van der Waals surface area contributed by atoms with Crippen LogP contribution in [0.25, 0.3) is 11.6 Å². The molecule has 1 aliphatic heterocycles. The predicted molar refractivity (Wildman–Crippen MR) is 116 cm³/mol. The summed E-state index contributed by atoms with van der Waals surface area (Å²) >= 11 is 0. The summed E-state index contributed by atoms with van der Waals surface area (Å²) in [6.45, 7) is 8.43. The van der Waals surface area contributed by atoms with E-state index < -0.39 is 0 Å². The van der Waals surface area contributed by atoms with Gasteiger partial charge >= 0.3 is 0 Å². The SMILES string of the molecule is CCC1C=CC=CC(C)N1/C=C(\C)CNC(=O)c1nc(C)c(-c2ncco2)nc1N. The second-order valence-electron chi connectivity index (χ2n) is 7.32. The van der Waals surface area contributed by atoms with Crippen LogP contribution in [0.2, 0.25) is 0 Å². The average Bonchev–Trinajstić information content (AvgIpc) is 3.20. The molecule has 0 saturated heterocycles. The summed E-state index contributed by atoms with van der Waals surface area (Å²) in [7, 11) is 0. The highest BCUT2D eigenvalue weighted by atomic mass is 16.3. The largest absolute Gasteiger partial charge is 0.443 e. The van der Waals surface area contributed by atoms with Crippen LogP contribution in [0.3, 0.4) is 0 Å². The van der Waals surface area contributed by atoms with Crippen LogP contribution in [0.5, 0.6) is 0 Å². The van der Waals surface area contributed by atoms with Gasteiger partial charge in [-0.1, -0.05) is 31.2 Å². The van der Waals surface area contributed by atoms with Gasteiger partial charge in [-0.15, -0.1) is 0 Å². The van der Waals surface area contributed by atoms with Crippen molar-refractivity contribution < 1.29 is 9.21 Å². The molecule has 3 heterocycles. The highest BCUT2D eigenvalue weighted by Crippen LogP contribution is 2.21. The van der Waals surface area contributed by atoms with Crippen LogP contribution in [0, 0.1) is 6.92 Å². The molecule has 8 heteroatoms. The van der Waals surface area contributed by atoms with Gasteiger partial charge in [0.1, 0.15) is 12.0 Å². The molecule has 0 bridgehead atoms. The lowest BCUT2D eigenvalue weighted by atomic mass is 10.1. The third-order valence-electron chi connectivity index (χ3n) is 4.95. The zero-order valence-corrected chi connectivity index (χ0v) is 17.8. The summed E-state index contributed by atoms with van der Waals surface area (Å²) in [6.07, 6.45) is 14.6. The Labute approximate surface area is 176 Å². The first-order valence-electron chi connectivity index (χ1n) is 10.0. The van der Waals surface area contributed by atoms with Crippen LogP contribution >= 0.6 is 0 Å². The summed E-state index contributed by atoms with van der Waals surface area (Å²) in [5.41, 5.74) is 8.04. The number of allylic oxidation sites excluding steroid dienone is 2. The number of carbonyl (C=O) groups excluding carboxylic acids is 1. The Bertz CT molecular complexity index is 978. The highest BCUT2D eigenvalue weighted by molar-refractivity contribution is 5.96. The van der Waals surface area contributed by atoms with Crippen LogP contribution in [0.15, 0.2) is 53.0 Å². The van der Waals surface area contributed by atoms with E-state index in [-0.39, 0.29) is 23.5 Å². The third kappa shape index (κ3) is 4.76. The fourth-order valence-corrected chi connectivity index (χ4v) is 3.32. The number of anilines is 1. The van der Waals surface area contributed by atoms with E-state index in [1.165, 1.54) is 12.5 Å². The number of oxazole rings is 1. The molecule has 0 radical (unpaired) electrons. The molecular weight excluding hydrogens is 380 g/mol. The zero-order chi connectivity index (χ0) is 21.7. The molecule has 2 aromatic rings. The molecule has 2 aromatic heterocycles. The maximum atomic E-state index is 12.7. The van der Waals surface area contributed by atoms with Crippen molar-refractivity contribution in [3.8, 4) is 11.6 Å². The molecule has 0 fully saturated rings. The zero-order valence-electron chi connectivity index (χ0n) is 17.8. The van der Waals surface area contributed by atoms with Crippen molar-refractivity contribution in [3.05, 3.63) is 59.9 Å². The first-order chi connectivity index (χ1) is 14.4. The number of hydrogen-bond donors (Lipinski definition) is 2. The molecular formula is C22H28N6O2. The fraction of sp³-hybridized carbons (Fsp3) is 0.364. The number of nitrogens with one attached hydrogen (secondary N) is 1. The highest BCUT2D eigenvalue weighted by Gasteiger charge is 2.20. The molecule has 30 heavy (non-hydrogen) atoms. The van der Waals surface area contributed by atoms with E-state index in [0.717, 1.165) is 12.0 Å². The van der Waals surface area contributed by atoms with E-state index in [4.69, 9.17) is 10.2 Å². The van der Waals surface area contributed by atoms with E-state index >= 15 is 0 Å². The normalized spacial score (nSPS) is 19.1. The number of carbonyl (C=O) groups is 1. The molecule has 1 amide bonds. The van der Waals surface area contributed by atoms with Gasteiger partial charge < -0.3 is 20.4 Å². The van der Waals surface area contributed by atoms with Gasteiger partial charge in [-0.2, -0.15) is 0 Å². The predicted octanol–water partition coefficient (Wildman–Crippen LogP) is 3.25. The average molecular weight is 409 g/mol. The maximum absolute atomic E-state index is 12.7. The monoisotopic (exact) mass is 408 g/mol. The van der Waals surface area contributed by atoms with Crippen molar-refractivity contribution in [2.45, 2.75) is 46.2 Å². The van der Waals surface area contributed by atoms with Crippen molar-refractivity contribution in [2.24, 2.45) is 0 Å². The first-order valence-corrected chi connectivity index (χ1v) is 10.0. The van der Waals surface area contributed by atoms with Crippen molar-refractivity contribution in [2.75, 3.05) is 12.3 Å². The molecule has 0 aromatic carbocycles. The Morgan fingerprint density at radius 2 is 2.10 bits per heavy atom. The van der Waals surface area contributed by atoms with Crippen LogP contribution in [-0.2, 0) is 0 Å². The lowest BCUT2D eigenvalue weighted by Gasteiger charge is -2.32. The smallest absolute Gasteiger partial charge is 0.273 e. The Hall–Kier alpha value is -3.42. The van der Waals surface area contributed by atoms with E-state index in [1.807, 2.05) is 6.92 Å². The van der Waals surface area contributed by atoms with Crippen molar-refractivity contribution in [3.63, 3.8) is 0 Å². The standard InChI is InChI=1S/C22H28N6O2/c1-5-17-9-7-6-8-15(3)28(17)13-14(2)12-25-21(29)19-20(23)27-18(16(4)26-19)22-24-10-11-30-22/h6-11,13,15,17H,5,12H2,1-4H3,(H2,23,27)(H,25,29)/b14-13+. The van der Waals surface area contributed by atoms with E-state index in [0.29, 0.717) is 29.9 Å². The molecule has 3 N–H and O–H groups in total. The molecule has 0 aliphatic carbocycles. The Morgan fingerprint density at radius 3 is 2.80 bits per heavy atom. The van der Waals surface area contributed by atoms with Crippen LogP contribution in [-0.4, -0.2) is 44.4 Å². The van der Waals surface area contributed by atoms with Gasteiger partial charge in [-0.05, 0) is 32.8 Å². The lowest BCUT2D eigenvalue weighted by molar-refractivity contribution is 0.0952. The van der Waals surface area contributed by atoms with Gasteiger partial charge in [0, 0.05) is 24.8 Å². The van der Waals surface area contributed by atoms with Gasteiger partial charge in [0.15, 0.2) is 11.5 Å². The third-order valence-corrected chi connectivity index (χ3v) is 4.95. The number of hydrogen-bond acceptors (Lipinski definition) is 7. The maximum Gasteiger partial charge on any atom is 0.273 e. The summed E-state index contributed by atoms with van der Waals surface area (Å²) in [5, 5.41) is 2.88. The van der Waals surface area contributed by atoms with Crippen LogP contribution < -0.4 is 11.1 Å². The quantitative estimate of drug-likeness (QED) is 0.755. The van der Waals surface area contributed by atoms with Gasteiger partial charge in [-0.25, -0.2) is 15.0 Å². The molecule has 8 nitrogen and oxygen atoms in total. The van der Waals surface area contributed by atoms with Gasteiger partial charge in [0.25, 0.3) is 5.91 Å². The second-order valence-corrected chi connectivity index (χ2v) is 7.32. The number of aromatic nitrogens is 3. The Kier molecular flexibility index (Phi) is 6.66. The van der Waals surface area contributed by atoms with Gasteiger partial charge in [-0.3, -0.25) is 4.79 Å². The minimum Gasteiger partial charge on any atom is -0.443 e. The summed E-state index contributed by atoms with van der Waals surface area (Å²) in [6, 6.07) is 0.579. The van der Waals surface area contributed by atoms with Crippen molar-refractivity contribution in [1.29, 1.82) is 0 Å². The lowest BCUT2D eigenvalue weighted by Crippen LogP contribution is -2.35. The van der Waals surface area contributed by atoms with Gasteiger partial charge in [0.05, 0.1) is 11.9 Å². The number of rotatable bonds is 6. The summed E-state index contributed by atoms with van der Waals surface area (Å²) < 4.78 is 5.25. The van der Waals surface area contributed by atoms with E-state index in [1.54, 1.807) is 6.92 Å². The summed E-state index contributed by atoms with van der Waals surface area (Å²) in [5.74, 6) is -0.0153. The second kappa shape index (κ2) is 9.39. The fourth-order valence-electron chi connectivity index (χ4n) is 3.32. The van der Waals surface area contributed by atoms with Crippen molar-refractivity contribution in [1.82, 2.24) is 25.2 Å². The van der Waals surface area contributed by atoms with E-state index in [2.05, 4.69) is 69.5 Å². The number of nitrogens with two attached hydrogens (primary N) is 1. The number of nitrogen functional groups attached to an aromatic ring is 1. The first kappa shape index (κ1) is 21.3. The summed E-state index contributed by atoms with van der Waals surface area (Å²) in [4.78, 5) is 27.6. The Balaban J connectivity index is 1.70. The van der Waals surface area contributed by atoms with Crippen LogP contribution in [0.1, 0.15) is 43.4 Å². The molecule has 158 valence electrons. The minimum atomic E-state index is -0.370. The number of aryl methyl sites for hydroxylation is 1. The topological polar surface area (TPSA) is 110 Å². The molecule has 2 unspecified atom stereocenters. The van der Waals surface area contributed by atoms with E-state index in [9.17, 15) is 4.79 Å². The minimum absolute atomic E-state index is 0.0374. The number of amides is 1. The molecule has 1 aliphatic rings. The molecule has 0 spiro atoms.